The Bertz CT molecular complexity index is 551. The van der Waals surface area contributed by atoms with Gasteiger partial charge in [0.25, 0.3) is 0 Å². The molecule has 1 atom stereocenters. The Kier molecular flexibility index (Phi) is 4.18. The van der Waals surface area contributed by atoms with E-state index in [0.717, 1.165) is 0 Å². The van der Waals surface area contributed by atoms with Gasteiger partial charge in [-0.25, -0.2) is 4.79 Å². The van der Waals surface area contributed by atoms with Gasteiger partial charge >= 0.3 is 6.09 Å². The van der Waals surface area contributed by atoms with Crippen LogP contribution in [0.2, 0.25) is 0 Å². The van der Waals surface area contributed by atoms with Gasteiger partial charge < -0.3 is 15.8 Å². The minimum absolute atomic E-state index is 0.247. The Morgan fingerprint density at radius 1 is 1.43 bits per heavy atom. The molecule has 6 heteroatoms. The number of carbonyl (C=O) groups is 2. The maximum absolute atomic E-state index is 12.1. The van der Waals surface area contributed by atoms with E-state index < -0.39 is 6.04 Å². The number of amides is 2. The third-order valence-corrected chi connectivity index (χ3v) is 3.40. The first-order valence-electron chi connectivity index (χ1n) is 6.90. The fourth-order valence-electron chi connectivity index (χ4n) is 1.99. The summed E-state index contributed by atoms with van der Waals surface area (Å²) < 4.78 is 4.90. The second-order valence-electron chi connectivity index (χ2n) is 6.15. The SMILES string of the molecule is CC(C)(C)[C@@H](N)C(=O)Nc1cccc(N2CCOC2=O)c1. The molecule has 1 aromatic carbocycles. The van der Waals surface area contributed by atoms with Crippen molar-refractivity contribution in [1.82, 2.24) is 0 Å². The molecule has 0 aromatic heterocycles. The summed E-state index contributed by atoms with van der Waals surface area (Å²) in [5, 5.41) is 2.78. The van der Waals surface area contributed by atoms with E-state index in [0.29, 0.717) is 24.5 Å². The molecule has 1 heterocycles. The summed E-state index contributed by atoms with van der Waals surface area (Å²) in [4.78, 5) is 25.2. The lowest BCUT2D eigenvalue weighted by molar-refractivity contribution is -0.119. The van der Waals surface area contributed by atoms with E-state index >= 15 is 0 Å². The molecule has 1 aliphatic heterocycles. The molecule has 2 rings (SSSR count). The molecule has 114 valence electrons. The van der Waals surface area contributed by atoms with Crippen LogP contribution in [0.3, 0.4) is 0 Å². The third-order valence-electron chi connectivity index (χ3n) is 3.40. The number of anilines is 2. The van der Waals surface area contributed by atoms with Gasteiger partial charge in [-0.05, 0) is 23.6 Å². The van der Waals surface area contributed by atoms with Gasteiger partial charge in [-0.2, -0.15) is 0 Å². The fourth-order valence-corrected chi connectivity index (χ4v) is 1.99. The molecule has 1 aliphatic rings. The Labute approximate surface area is 124 Å². The van der Waals surface area contributed by atoms with Crippen LogP contribution in [0, 0.1) is 5.41 Å². The lowest BCUT2D eigenvalue weighted by Crippen LogP contribution is -2.45. The smallest absolute Gasteiger partial charge is 0.414 e. The lowest BCUT2D eigenvalue weighted by Gasteiger charge is -2.26. The van der Waals surface area contributed by atoms with Crippen molar-refractivity contribution in [3.05, 3.63) is 24.3 Å². The number of carbonyl (C=O) groups excluding carboxylic acids is 2. The molecule has 6 nitrogen and oxygen atoms in total. The van der Waals surface area contributed by atoms with E-state index in [1.807, 2.05) is 20.8 Å². The fraction of sp³-hybridized carbons (Fsp3) is 0.467. The number of nitrogens with two attached hydrogens (primary N) is 1. The summed E-state index contributed by atoms with van der Waals surface area (Å²) in [5.41, 5.74) is 6.91. The maximum Gasteiger partial charge on any atom is 0.414 e. The van der Waals surface area contributed by atoms with Crippen LogP contribution in [-0.4, -0.2) is 31.2 Å². The monoisotopic (exact) mass is 291 g/mol. The molecular formula is C15H21N3O3. The van der Waals surface area contributed by atoms with Crippen molar-refractivity contribution in [3.63, 3.8) is 0 Å². The highest BCUT2D eigenvalue weighted by Gasteiger charge is 2.28. The number of nitrogens with zero attached hydrogens (tertiary/aromatic N) is 1. The first kappa shape index (κ1) is 15.3. The van der Waals surface area contributed by atoms with Gasteiger partial charge in [0.05, 0.1) is 12.6 Å². The molecule has 0 aliphatic carbocycles. The lowest BCUT2D eigenvalue weighted by atomic mass is 9.87. The molecule has 2 amide bonds. The van der Waals surface area contributed by atoms with Crippen molar-refractivity contribution in [3.8, 4) is 0 Å². The number of ether oxygens (including phenoxy) is 1. The van der Waals surface area contributed by atoms with Gasteiger partial charge in [0.1, 0.15) is 6.61 Å². The molecule has 21 heavy (non-hydrogen) atoms. The standard InChI is InChI=1S/C15H21N3O3/c1-15(2,3)12(16)13(19)17-10-5-4-6-11(9-10)18-7-8-21-14(18)20/h4-6,9,12H,7-8,16H2,1-3H3,(H,17,19)/t12-/m0/s1. The van der Waals surface area contributed by atoms with Gasteiger partial charge in [0.2, 0.25) is 5.91 Å². The normalized spacial score (nSPS) is 16.6. The van der Waals surface area contributed by atoms with E-state index in [1.165, 1.54) is 4.90 Å². The van der Waals surface area contributed by atoms with Crippen LogP contribution in [0.1, 0.15) is 20.8 Å². The molecule has 0 radical (unpaired) electrons. The van der Waals surface area contributed by atoms with Gasteiger partial charge in [-0.1, -0.05) is 26.8 Å². The number of cyclic esters (lactones) is 1. The zero-order valence-electron chi connectivity index (χ0n) is 12.6. The largest absolute Gasteiger partial charge is 0.447 e. The van der Waals surface area contributed by atoms with E-state index in [-0.39, 0.29) is 17.4 Å². The third kappa shape index (κ3) is 3.52. The van der Waals surface area contributed by atoms with Crippen molar-refractivity contribution in [1.29, 1.82) is 0 Å². The highest BCUT2D eigenvalue weighted by Crippen LogP contribution is 2.24. The summed E-state index contributed by atoms with van der Waals surface area (Å²) in [6, 6.07) is 6.46. The average Bonchev–Trinajstić information content (AvgIpc) is 2.83. The first-order valence-corrected chi connectivity index (χ1v) is 6.90. The highest BCUT2D eigenvalue weighted by atomic mass is 16.6. The molecule has 0 spiro atoms. The van der Waals surface area contributed by atoms with Crippen LogP contribution in [0.15, 0.2) is 24.3 Å². The summed E-state index contributed by atoms with van der Waals surface area (Å²) >= 11 is 0. The van der Waals surface area contributed by atoms with Crippen LogP contribution in [0.25, 0.3) is 0 Å². The van der Waals surface area contributed by atoms with Gasteiger partial charge in [-0.3, -0.25) is 9.69 Å². The molecule has 3 N–H and O–H groups in total. The second kappa shape index (κ2) is 5.73. The highest BCUT2D eigenvalue weighted by molar-refractivity contribution is 5.96. The van der Waals surface area contributed by atoms with Crippen LogP contribution in [0.5, 0.6) is 0 Å². The molecule has 1 saturated heterocycles. The van der Waals surface area contributed by atoms with Crippen molar-refractivity contribution >= 4 is 23.4 Å². The Morgan fingerprint density at radius 2 is 2.14 bits per heavy atom. The second-order valence-corrected chi connectivity index (χ2v) is 6.15. The van der Waals surface area contributed by atoms with E-state index in [4.69, 9.17) is 10.5 Å². The molecule has 1 aromatic rings. The van der Waals surface area contributed by atoms with Crippen molar-refractivity contribution in [2.75, 3.05) is 23.4 Å². The first-order chi connectivity index (χ1) is 9.79. The predicted octanol–water partition coefficient (Wildman–Crippen LogP) is 1.96. The summed E-state index contributed by atoms with van der Waals surface area (Å²) in [6.45, 7) is 6.62. The Balaban J connectivity index is 2.11. The van der Waals surface area contributed by atoms with Crippen molar-refractivity contribution in [2.45, 2.75) is 26.8 Å². The van der Waals surface area contributed by atoms with Gasteiger partial charge in [0.15, 0.2) is 0 Å². The van der Waals surface area contributed by atoms with Crippen LogP contribution >= 0.6 is 0 Å². The van der Waals surface area contributed by atoms with E-state index in [2.05, 4.69) is 5.32 Å². The van der Waals surface area contributed by atoms with E-state index in [1.54, 1.807) is 24.3 Å². The summed E-state index contributed by atoms with van der Waals surface area (Å²) in [7, 11) is 0. The molecule has 0 saturated carbocycles. The number of hydrogen-bond acceptors (Lipinski definition) is 4. The maximum atomic E-state index is 12.1. The number of hydrogen-bond donors (Lipinski definition) is 2. The van der Waals surface area contributed by atoms with Crippen LogP contribution in [-0.2, 0) is 9.53 Å². The minimum Gasteiger partial charge on any atom is -0.447 e. The minimum atomic E-state index is -0.613. The number of benzene rings is 1. The van der Waals surface area contributed by atoms with Crippen molar-refractivity contribution in [2.24, 2.45) is 11.1 Å². The summed E-state index contributed by atoms with van der Waals surface area (Å²) in [6.07, 6.45) is -0.370. The zero-order chi connectivity index (χ0) is 15.6. The predicted molar refractivity (Wildman–Crippen MR) is 81.2 cm³/mol. The average molecular weight is 291 g/mol. The topological polar surface area (TPSA) is 84.7 Å². The molecule has 0 unspecified atom stereocenters. The van der Waals surface area contributed by atoms with E-state index in [9.17, 15) is 9.59 Å². The molecule has 0 bridgehead atoms. The summed E-state index contributed by atoms with van der Waals surface area (Å²) in [5.74, 6) is -0.247. The quantitative estimate of drug-likeness (QED) is 0.891. The van der Waals surface area contributed by atoms with Gasteiger partial charge in [0, 0.05) is 11.4 Å². The molecule has 1 fully saturated rings. The number of nitrogens with one attached hydrogen (secondary N) is 1. The Morgan fingerprint density at radius 3 is 2.71 bits per heavy atom. The van der Waals surface area contributed by atoms with Crippen LogP contribution in [0.4, 0.5) is 16.2 Å². The zero-order valence-corrected chi connectivity index (χ0v) is 12.6. The van der Waals surface area contributed by atoms with Crippen molar-refractivity contribution < 1.29 is 14.3 Å². The van der Waals surface area contributed by atoms with Gasteiger partial charge in [-0.15, -0.1) is 0 Å². The Hall–Kier alpha value is -2.08. The number of rotatable bonds is 3. The van der Waals surface area contributed by atoms with Crippen LogP contribution < -0.4 is 16.0 Å². The molecular weight excluding hydrogens is 270 g/mol.